The molecule has 1 N–H and O–H groups in total. The zero-order valence-corrected chi connectivity index (χ0v) is 16.1. The van der Waals surface area contributed by atoms with Crippen molar-refractivity contribution in [1.82, 2.24) is 29.1 Å². The van der Waals surface area contributed by atoms with Gasteiger partial charge in [-0.1, -0.05) is 35.9 Å². The number of rotatable bonds is 3. The van der Waals surface area contributed by atoms with Crippen LogP contribution in [0.25, 0.3) is 22.6 Å². The van der Waals surface area contributed by atoms with Crippen LogP contribution < -0.4 is 5.69 Å². The molecule has 0 fully saturated rings. The van der Waals surface area contributed by atoms with E-state index in [1.54, 1.807) is 24.3 Å². The molecule has 0 saturated carbocycles. The molecule has 0 spiro atoms. The molecule has 0 aliphatic heterocycles. The van der Waals surface area contributed by atoms with Crippen LogP contribution in [0.2, 0.25) is 10.4 Å². The summed E-state index contributed by atoms with van der Waals surface area (Å²) in [6, 6.07) is 6.64. The molecule has 0 unspecified atom stereocenters. The molecule has 0 aliphatic rings. The summed E-state index contributed by atoms with van der Waals surface area (Å²) < 4.78 is 41.2. The molecule has 0 radical (unpaired) electrons. The van der Waals surface area contributed by atoms with Gasteiger partial charge in [-0.3, -0.25) is 4.57 Å². The number of H-pyrrole nitrogens is 1. The summed E-state index contributed by atoms with van der Waals surface area (Å²) in [5, 5.41) is -0.0673. The summed E-state index contributed by atoms with van der Waals surface area (Å²) in [7, 11) is 1.49. The van der Waals surface area contributed by atoms with Gasteiger partial charge >= 0.3 is 11.9 Å². The van der Waals surface area contributed by atoms with Crippen molar-refractivity contribution in [3.05, 3.63) is 62.6 Å². The van der Waals surface area contributed by atoms with Crippen molar-refractivity contribution in [2.75, 3.05) is 0 Å². The van der Waals surface area contributed by atoms with Crippen molar-refractivity contribution in [2.24, 2.45) is 7.05 Å². The lowest BCUT2D eigenvalue weighted by molar-refractivity contribution is -0.140. The van der Waals surface area contributed by atoms with Gasteiger partial charge in [0.05, 0.1) is 6.54 Å². The summed E-state index contributed by atoms with van der Waals surface area (Å²) in [6.07, 6.45) is -3.58. The van der Waals surface area contributed by atoms with E-state index >= 15 is 0 Å². The zero-order chi connectivity index (χ0) is 20.9. The Balaban J connectivity index is 1.67. The zero-order valence-electron chi connectivity index (χ0n) is 14.6. The van der Waals surface area contributed by atoms with E-state index in [4.69, 9.17) is 23.2 Å². The van der Waals surface area contributed by atoms with Gasteiger partial charge in [-0.25, -0.2) is 14.8 Å². The number of alkyl halides is 3. The molecule has 0 bridgehead atoms. The van der Waals surface area contributed by atoms with Crippen molar-refractivity contribution < 1.29 is 13.2 Å². The molecule has 0 amide bonds. The summed E-state index contributed by atoms with van der Waals surface area (Å²) in [5.74, 6) is 0.180. The van der Waals surface area contributed by atoms with Gasteiger partial charge in [0, 0.05) is 18.8 Å². The number of aromatic amines is 1. The van der Waals surface area contributed by atoms with E-state index in [2.05, 4.69) is 19.9 Å². The Morgan fingerprint density at radius 3 is 2.41 bits per heavy atom. The predicted octanol–water partition coefficient (Wildman–Crippen LogP) is 3.89. The third-order valence-corrected chi connectivity index (χ3v) is 4.71. The van der Waals surface area contributed by atoms with E-state index in [1.165, 1.54) is 16.2 Å². The Morgan fingerprint density at radius 2 is 1.79 bits per heavy atom. The van der Waals surface area contributed by atoms with Crippen molar-refractivity contribution in [3.63, 3.8) is 0 Å². The van der Waals surface area contributed by atoms with Crippen LogP contribution >= 0.6 is 23.2 Å². The van der Waals surface area contributed by atoms with Crippen LogP contribution in [-0.2, 0) is 19.8 Å². The van der Waals surface area contributed by atoms with Crippen LogP contribution in [0.15, 0.2) is 35.3 Å². The summed E-state index contributed by atoms with van der Waals surface area (Å²) >= 11 is 11.8. The van der Waals surface area contributed by atoms with Gasteiger partial charge in [0.15, 0.2) is 16.5 Å². The summed E-state index contributed by atoms with van der Waals surface area (Å²) in [6.45, 7) is 0.150. The maximum absolute atomic E-state index is 12.9. The van der Waals surface area contributed by atoms with Gasteiger partial charge in [0.2, 0.25) is 5.28 Å². The number of nitrogens with zero attached hydrogens (tertiary/aromatic N) is 5. The van der Waals surface area contributed by atoms with E-state index in [-0.39, 0.29) is 34.0 Å². The number of nitrogens with one attached hydrogen (secondary N) is 1. The topological polar surface area (TPSA) is 81.4 Å². The van der Waals surface area contributed by atoms with Crippen LogP contribution in [0.5, 0.6) is 0 Å². The molecule has 4 aromatic rings. The molecule has 0 aliphatic carbocycles. The van der Waals surface area contributed by atoms with Gasteiger partial charge in [0.1, 0.15) is 11.3 Å². The van der Waals surface area contributed by atoms with Gasteiger partial charge < -0.3 is 9.55 Å². The molecule has 3 aromatic heterocycles. The van der Waals surface area contributed by atoms with Gasteiger partial charge in [-0.05, 0) is 17.2 Å². The Morgan fingerprint density at radius 1 is 1.10 bits per heavy atom. The number of fused-ring (bicyclic) bond motifs is 1. The first kappa shape index (κ1) is 19.5. The molecule has 29 heavy (non-hydrogen) atoms. The molecule has 150 valence electrons. The third kappa shape index (κ3) is 3.60. The van der Waals surface area contributed by atoms with Crippen LogP contribution in [0.4, 0.5) is 13.2 Å². The van der Waals surface area contributed by atoms with Crippen LogP contribution in [0, 0.1) is 0 Å². The lowest BCUT2D eigenvalue weighted by Gasteiger charge is -2.06. The fourth-order valence-electron chi connectivity index (χ4n) is 2.93. The van der Waals surface area contributed by atoms with Crippen molar-refractivity contribution in [2.45, 2.75) is 12.7 Å². The van der Waals surface area contributed by atoms with Crippen LogP contribution in [0.1, 0.15) is 11.3 Å². The second-order valence-electron chi connectivity index (χ2n) is 6.25. The fraction of sp³-hybridized carbons (Fsp3) is 0.176. The minimum atomic E-state index is -4.52. The van der Waals surface area contributed by atoms with E-state index < -0.39 is 17.6 Å². The number of hydrogen-bond donors (Lipinski definition) is 1. The maximum atomic E-state index is 12.9. The molecule has 0 atom stereocenters. The number of imidazole rings is 2. The Kier molecular flexibility index (Phi) is 4.62. The van der Waals surface area contributed by atoms with Gasteiger partial charge in [-0.15, -0.1) is 0 Å². The number of halogens is 5. The van der Waals surface area contributed by atoms with E-state index in [0.29, 0.717) is 11.1 Å². The molecule has 4 rings (SSSR count). The smallest absolute Gasteiger partial charge is 0.333 e. The van der Waals surface area contributed by atoms with Gasteiger partial charge in [-0.2, -0.15) is 18.2 Å². The first-order chi connectivity index (χ1) is 13.6. The number of aryl methyl sites for hydroxylation is 1. The van der Waals surface area contributed by atoms with E-state index in [9.17, 15) is 18.0 Å². The molecule has 3 heterocycles. The minimum absolute atomic E-state index is 0.0291. The largest absolute Gasteiger partial charge is 0.434 e. The van der Waals surface area contributed by atoms with Gasteiger partial charge in [0.25, 0.3) is 0 Å². The number of benzene rings is 1. The van der Waals surface area contributed by atoms with E-state index in [1.807, 2.05) is 0 Å². The highest BCUT2D eigenvalue weighted by molar-refractivity contribution is 6.35. The van der Waals surface area contributed by atoms with Crippen molar-refractivity contribution in [1.29, 1.82) is 0 Å². The standard InChI is InChI=1S/C17H11Cl2F3N6O/c1-27-7-10(17(20,21)22)23-13(27)9-4-2-8(3-5-9)6-28-14-11(24-16(28)29)12(18)25-15(19)26-14/h2-5,7H,6H2,1H3,(H,24,29). The maximum Gasteiger partial charge on any atom is 0.434 e. The lowest BCUT2D eigenvalue weighted by Crippen LogP contribution is -2.17. The third-order valence-electron chi connectivity index (χ3n) is 4.27. The second-order valence-corrected chi connectivity index (χ2v) is 6.95. The summed E-state index contributed by atoms with van der Waals surface area (Å²) in [5.41, 5.74) is 0.340. The predicted molar refractivity (Wildman–Crippen MR) is 101 cm³/mol. The monoisotopic (exact) mass is 442 g/mol. The molecule has 1 aromatic carbocycles. The highest BCUT2D eigenvalue weighted by Crippen LogP contribution is 2.30. The fourth-order valence-corrected chi connectivity index (χ4v) is 3.35. The Labute approximate surface area is 170 Å². The lowest BCUT2D eigenvalue weighted by atomic mass is 10.1. The van der Waals surface area contributed by atoms with Crippen molar-refractivity contribution in [3.8, 4) is 11.4 Å². The second kappa shape index (κ2) is 6.89. The minimum Gasteiger partial charge on any atom is -0.333 e. The molecule has 12 heteroatoms. The summed E-state index contributed by atoms with van der Waals surface area (Å²) in [4.78, 5) is 26.3. The molecule has 0 saturated heterocycles. The number of hydrogen-bond acceptors (Lipinski definition) is 4. The average Bonchev–Trinajstić information content (AvgIpc) is 3.17. The van der Waals surface area contributed by atoms with Crippen LogP contribution in [0.3, 0.4) is 0 Å². The highest BCUT2D eigenvalue weighted by atomic mass is 35.5. The average molecular weight is 443 g/mol. The normalized spacial score (nSPS) is 12.1. The quantitative estimate of drug-likeness (QED) is 0.385. The number of aromatic nitrogens is 6. The Bertz CT molecular complexity index is 1270. The molecule has 7 nitrogen and oxygen atoms in total. The first-order valence-electron chi connectivity index (χ1n) is 8.15. The van der Waals surface area contributed by atoms with Crippen molar-refractivity contribution >= 4 is 34.4 Å². The Hall–Kier alpha value is -2.85. The van der Waals surface area contributed by atoms with Crippen LogP contribution in [-0.4, -0.2) is 29.1 Å². The van der Waals surface area contributed by atoms with E-state index in [0.717, 1.165) is 6.20 Å². The SMILES string of the molecule is Cn1cc(C(F)(F)F)nc1-c1ccc(Cn2c(=O)[nH]c3c(Cl)nc(Cl)nc32)cc1. The molecular formula is C17H11Cl2F3N6O. The highest BCUT2D eigenvalue weighted by Gasteiger charge is 2.34. The molecular weight excluding hydrogens is 432 g/mol. The first-order valence-corrected chi connectivity index (χ1v) is 8.90.